The fraction of sp³-hybridized carbons (Fsp3) is 0.938. The minimum Gasteiger partial charge on any atom is -0.356 e. The molecule has 2 fully saturated rings. The Morgan fingerprint density at radius 3 is 2.63 bits per heavy atom. The number of fused-ring (bicyclic) bond motifs is 1. The molecular weight excluding hydrogens is 240 g/mol. The molecule has 110 valence electrons. The second kappa shape index (κ2) is 5.17. The Morgan fingerprint density at radius 1 is 1.37 bits per heavy atom. The van der Waals surface area contributed by atoms with Gasteiger partial charge in [0, 0.05) is 25.4 Å². The van der Waals surface area contributed by atoms with Gasteiger partial charge in [-0.2, -0.15) is 0 Å². The van der Waals surface area contributed by atoms with Crippen LogP contribution in [0.1, 0.15) is 59.8 Å². The van der Waals surface area contributed by atoms with Crippen LogP contribution in [0.3, 0.4) is 0 Å². The first-order valence-corrected chi connectivity index (χ1v) is 7.47. The molecule has 19 heavy (non-hydrogen) atoms. The van der Waals surface area contributed by atoms with Gasteiger partial charge in [-0.25, -0.2) is 0 Å². The van der Waals surface area contributed by atoms with E-state index in [1.165, 1.54) is 6.42 Å². The van der Waals surface area contributed by atoms with E-state index in [1.807, 2.05) is 0 Å². The molecule has 0 amide bonds. The molecule has 0 spiro atoms. The number of Topliss-reactive ketones (excluding diaryl/α,β-unsaturated/α-hetero) is 1. The summed E-state index contributed by atoms with van der Waals surface area (Å²) in [4.78, 5) is 11.4. The topological polar surface area (TPSA) is 35.5 Å². The molecule has 2 aliphatic rings. The molecule has 0 bridgehead atoms. The van der Waals surface area contributed by atoms with E-state index in [-0.39, 0.29) is 17.1 Å². The van der Waals surface area contributed by atoms with Crippen molar-refractivity contribution in [1.82, 2.24) is 0 Å². The summed E-state index contributed by atoms with van der Waals surface area (Å²) in [7, 11) is 1.72. The van der Waals surface area contributed by atoms with Crippen molar-refractivity contribution in [3.8, 4) is 0 Å². The first-order valence-electron chi connectivity index (χ1n) is 7.47. The molecule has 4 atom stereocenters. The summed E-state index contributed by atoms with van der Waals surface area (Å²) >= 11 is 0. The minimum atomic E-state index is -0.0660. The normalized spacial score (nSPS) is 41.0. The van der Waals surface area contributed by atoms with E-state index >= 15 is 0 Å². The van der Waals surface area contributed by atoms with Gasteiger partial charge in [0.2, 0.25) is 0 Å². The lowest BCUT2D eigenvalue weighted by Crippen LogP contribution is -2.48. The molecule has 0 aromatic rings. The van der Waals surface area contributed by atoms with Crippen molar-refractivity contribution >= 4 is 5.78 Å². The van der Waals surface area contributed by atoms with E-state index in [9.17, 15) is 4.79 Å². The highest BCUT2D eigenvalue weighted by Crippen LogP contribution is 2.59. The second-order valence-electron chi connectivity index (χ2n) is 7.32. The zero-order valence-electron chi connectivity index (χ0n) is 13.0. The Bertz CT molecular complexity index is 350. The Hall–Kier alpha value is -0.410. The van der Waals surface area contributed by atoms with E-state index in [2.05, 4.69) is 20.8 Å². The summed E-state index contributed by atoms with van der Waals surface area (Å²) in [6.07, 6.45) is 5.14. The van der Waals surface area contributed by atoms with Gasteiger partial charge >= 0.3 is 0 Å². The molecule has 0 N–H and O–H groups in total. The molecule has 1 aliphatic carbocycles. The quantitative estimate of drug-likeness (QED) is 0.782. The molecular formula is C16H28O3. The fourth-order valence-electron chi connectivity index (χ4n) is 4.42. The lowest BCUT2D eigenvalue weighted by Gasteiger charge is -2.51. The Morgan fingerprint density at radius 2 is 2.05 bits per heavy atom. The van der Waals surface area contributed by atoms with Crippen molar-refractivity contribution in [2.75, 3.05) is 7.11 Å². The highest BCUT2D eigenvalue weighted by molar-refractivity contribution is 5.75. The number of ketones is 1. The minimum absolute atomic E-state index is 0.0660. The van der Waals surface area contributed by atoms with Crippen LogP contribution in [-0.4, -0.2) is 25.3 Å². The summed E-state index contributed by atoms with van der Waals surface area (Å²) in [6.45, 7) is 8.72. The third-order valence-electron chi connectivity index (χ3n) is 5.50. The number of hydrogen-bond acceptors (Lipinski definition) is 3. The van der Waals surface area contributed by atoms with Crippen LogP contribution in [-0.2, 0) is 14.3 Å². The molecule has 1 saturated heterocycles. The Balaban J connectivity index is 2.20. The Kier molecular flexibility index (Phi) is 4.08. The number of carbonyl (C=O) groups excluding carboxylic acids is 1. The number of hydrogen-bond donors (Lipinski definition) is 0. The summed E-state index contributed by atoms with van der Waals surface area (Å²) in [5, 5.41) is 0. The van der Waals surface area contributed by atoms with E-state index in [0.717, 1.165) is 19.3 Å². The largest absolute Gasteiger partial charge is 0.356 e. The van der Waals surface area contributed by atoms with Crippen LogP contribution in [0.4, 0.5) is 0 Å². The second-order valence-corrected chi connectivity index (χ2v) is 7.32. The average Bonchev–Trinajstić information content (AvgIpc) is 2.63. The maximum atomic E-state index is 11.4. The van der Waals surface area contributed by atoms with Crippen LogP contribution >= 0.6 is 0 Å². The number of methoxy groups -OCH3 is 1. The highest BCUT2D eigenvalue weighted by atomic mass is 16.7. The lowest BCUT2D eigenvalue weighted by molar-refractivity contribution is -0.137. The predicted octanol–water partition coefficient (Wildman–Crippen LogP) is 3.56. The smallest absolute Gasteiger partial charge is 0.158 e. The zero-order chi connectivity index (χ0) is 14.3. The molecule has 1 heterocycles. The van der Waals surface area contributed by atoms with Gasteiger partial charge in [0.25, 0.3) is 0 Å². The van der Waals surface area contributed by atoms with Crippen molar-refractivity contribution in [3.05, 3.63) is 0 Å². The predicted molar refractivity (Wildman–Crippen MR) is 74.8 cm³/mol. The number of rotatable bonds is 4. The van der Waals surface area contributed by atoms with Gasteiger partial charge in [-0.05, 0) is 37.5 Å². The van der Waals surface area contributed by atoms with Crippen LogP contribution in [0.2, 0.25) is 0 Å². The molecule has 0 aromatic heterocycles. The van der Waals surface area contributed by atoms with Crippen LogP contribution in [0.25, 0.3) is 0 Å². The van der Waals surface area contributed by atoms with Crippen LogP contribution in [0.15, 0.2) is 0 Å². The monoisotopic (exact) mass is 268 g/mol. The third kappa shape index (κ3) is 2.73. The van der Waals surface area contributed by atoms with Crippen LogP contribution in [0.5, 0.6) is 0 Å². The van der Waals surface area contributed by atoms with Crippen molar-refractivity contribution in [1.29, 1.82) is 0 Å². The molecule has 4 unspecified atom stereocenters. The molecule has 3 nitrogen and oxygen atoms in total. The summed E-state index contributed by atoms with van der Waals surface area (Å²) in [5.41, 5.74) is 0.435. The molecule has 0 aromatic carbocycles. The van der Waals surface area contributed by atoms with Crippen molar-refractivity contribution in [2.24, 2.45) is 16.7 Å². The molecule has 0 radical (unpaired) electrons. The Labute approximate surface area is 117 Å². The van der Waals surface area contributed by atoms with Gasteiger partial charge < -0.3 is 14.3 Å². The maximum Gasteiger partial charge on any atom is 0.158 e. The number of ether oxygens (including phenoxy) is 2. The summed E-state index contributed by atoms with van der Waals surface area (Å²) in [5.74, 6) is 0.825. The molecule has 2 rings (SSSR count). The summed E-state index contributed by atoms with van der Waals surface area (Å²) < 4.78 is 11.5. The lowest BCUT2D eigenvalue weighted by atomic mass is 9.53. The van der Waals surface area contributed by atoms with Crippen molar-refractivity contribution < 1.29 is 14.3 Å². The van der Waals surface area contributed by atoms with E-state index < -0.39 is 0 Å². The summed E-state index contributed by atoms with van der Waals surface area (Å²) in [6, 6.07) is 0. The van der Waals surface area contributed by atoms with Crippen molar-refractivity contribution in [3.63, 3.8) is 0 Å². The SMILES string of the molecule is COC1CC2(C)C(CCC(C)(C)C2CCC(C)=O)O1. The van der Waals surface area contributed by atoms with Gasteiger partial charge in [0.15, 0.2) is 6.29 Å². The first-order chi connectivity index (χ1) is 8.79. The van der Waals surface area contributed by atoms with E-state index in [1.54, 1.807) is 14.0 Å². The third-order valence-corrected chi connectivity index (χ3v) is 5.50. The fourth-order valence-corrected chi connectivity index (χ4v) is 4.42. The zero-order valence-corrected chi connectivity index (χ0v) is 13.0. The van der Waals surface area contributed by atoms with E-state index in [4.69, 9.17) is 9.47 Å². The highest BCUT2D eigenvalue weighted by Gasteiger charge is 2.56. The van der Waals surface area contributed by atoms with Gasteiger partial charge in [0.05, 0.1) is 6.10 Å². The van der Waals surface area contributed by atoms with Gasteiger partial charge in [-0.3, -0.25) is 0 Å². The van der Waals surface area contributed by atoms with E-state index in [0.29, 0.717) is 24.2 Å². The molecule has 1 aliphatic heterocycles. The molecule has 3 heteroatoms. The number of carbonyl (C=O) groups is 1. The van der Waals surface area contributed by atoms with Gasteiger partial charge in [0.1, 0.15) is 5.78 Å². The van der Waals surface area contributed by atoms with Crippen molar-refractivity contribution in [2.45, 2.75) is 72.2 Å². The standard InChI is InChI=1S/C16H28O3/c1-11(17)6-7-12-15(2,3)9-8-13-16(12,4)10-14(18-5)19-13/h12-14H,6-10H2,1-5H3. The van der Waals surface area contributed by atoms with Gasteiger partial charge in [-0.1, -0.05) is 20.8 Å². The molecule has 1 saturated carbocycles. The average molecular weight is 268 g/mol. The first kappa shape index (κ1) is 15.0. The maximum absolute atomic E-state index is 11.4. The van der Waals surface area contributed by atoms with Crippen LogP contribution in [0, 0.1) is 16.7 Å². The van der Waals surface area contributed by atoms with Gasteiger partial charge in [-0.15, -0.1) is 0 Å². The van der Waals surface area contributed by atoms with Crippen LogP contribution < -0.4 is 0 Å².